The first-order valence-corrected chi connectivity index (χ1v) is 8.45. The molecule has 110 valence electrons. The van der Waals surface area contributed by atoms with Crippen LogP contribution in [-0.4, -0.2) is 37.0 Å². The van der Waals surface area contributed by atoms with E-state index in [1.165, 1.54) is 16.4 Å². The number of fused-ring (bicyclic) bond motifs is 1. The molecular weight excluding hydrogens is 300 g/mol. The number of anilines is 1. The number of sulfonamides is 1. The topological polar surface area (TPSA) is 83.6 Å². The molecule has 3 atom stereocenters. The molecule has 3 N–H and O–H groups in total. The summed E-state index contributed by atoms with van der Waals surface area (Å²) < 4.78 is 26.8. The molecule has 20 heavy (non-hydrogen) atoms. The molecule has 0 radical (unpaired) electrons. The van der Waals surface area contributed by atoms with Crippen LogP contribution in [0.4, 0.5) is 5.69 Å². The number of aliphatic hydroxyl groups is 1. The maximum absolute atomic E-state index is 12.7. The van der Waals surface area contributed by atoms with E-state index in [0.29, 0.717) is 13.1 Å². The first-order chi connectivity index (χ1) is 9.41. The van der Waals surface area contributed by atoms with Crippen LogP contribution in [0.3, 0.4) is 0 Å². The van der Waals surface area contributed by atoms with Gasteiger partial charge in [0, 0.05) is 19.0 Å². The van der Waals surface area contributed by atoms with Gasteiger partial charge in [-0.2, -0.15) is 4.31 Å². The molecule has 1 aliphatic carbocycles. The highest BCUT2D eigenvalue weighted by molar-refractivity contribution is 7.89. The zero-order valence-corrected chi connectivity index (χ0v) is 12.4. The van der Waals surface area contributed by atoms with Gasteiger partial charge in [0.25, 0.3) is 0 Å². The van der Waals surface area contributed by atoms with Crippen molar-refractivity contribution in [2.45, 2.75) is 23.8 Å². The third-order valence-corrected chi connectivity index (χ3v) is 6.76. The van der Waals surface area contributed by atoms with Crippen molar-refractivity contribution in [2.24, 2.45) is 11.8 Å². The quantitative estimate of drug-likeness (QED) is 0.806. The van der Waals surface area contributed by atoms with Crippen molar-refractivity contribution < 1.29 is 13.5 Å². The van der Waals surface area contributed by atoms with E-state index in [1.807, 2.05) is 0 Å². The van der Waals surface area contributed by atoms with Crippen LogP contribution >= 0.6 is 11.6 Å². The summed E-state index contributed by atoms with van der Waals surface area (Å²) in [5, 5.41) is 10.0. The summed E-state index contributed by atoms with van der Waals surface area (Å²) in [7, 11) is -3.70. The Bertz CT molecular complexity index is 614. The smallest absolute Gasteiger partial charge is 0.246 e. The van der Waals surface area contributed by atoms with Crippen LogP contribution in [0.2, 0.25) is 5.02 Å². The molecule has 1 aliphatic heterocycles. The highest BCUT2D eigenvalue weighted by Gasteiger charge is 2.46. The minimum Gasteiger partial charge on any atom is -0.398 e. The summed E-state index contributed by atoms with van der Waals surface area (Å²) in [5.74, 6) is 0.275. The summed E-state index contributed by atoms with van der Waals surface area (Å²) in [5.41, 5.74) is 5.94. The highest BCUT2D eigenvalue weighted by atomic mass is 35.5. The van der Waals surface area contributed by atoms with Gasteiger partial charge in [-0.15, -0.1) is 0 Å². The number of nitrogens with zero attached hydrogens (tertiary/aromatic N) is 1. The van der Waals surface area contributed by atoms with Gasteiger partial charge in [-0.1, -0.05) is 17.7 Å². The van der Waals surface area contributed by atoms with Gasteiger partial charge in [-0.3, -0.25) is 0 Å². The first-order valence-electron chi connectivity index (χ1n) is 6.63. The molecule has 1 aromatic rings. The Morgan fingerprint density at radius 3 is 2.70 bits per heavy atom. The SMILES string of the molecule is Nc1cccc(Cl)c1S(=O)(=O)N1CC2CCC(O)C2C1. The number of rotatable bonds is 2. The second kappa shape index (κ2) is 4.87. The maximum atomic E-state index is 12.7. The van der Waals surface area contributed by atoms with Crippen LogP contribution in [0.25, 0.3) is 0 Å². The second-order valence-electron chi connectivity index (χ2n) is 5.55. The number of nitrogens with two attached hydrogens (primary N) is 1. The van der Waals surface area contributed by atoms with Crippen molar-refractivity contribution in [3.63, 3.8) is 0 Å². The van der Waals surface area contributed by atoms with Gasteiger partial charge >= 0.3 is 0 Å². The molecule has 3 unspecified atom stereocenters. The van der Waals surface area contributed by atoms with E-state index in [9.17, 15) is 13.5 Å². The molecule has 0 spiro atoms. The largest absolute Gasteiger partial charge is 0.398 e. The Labute approximate surface area is 123 Å². The van der Waals surface area contributed by atoms with E-state index in [1.54, 1.807) is 6.07 Å². The molecule has 0 aromatic heterocycles. The number of nitrogen functional groups attached to an aromatic ring is 1. The molecule has 1 heterocycles. The lowest BCUT2D eigenvalue weighted by Crippen LogP contribution is -2.31. The third kappa shape index (κ3) is 2.11. The number of hydrogen-bond donors (Lipinski definition) is 2. The number of halogens is 1. The molecule has 2 aliphatic rings. The molecule has 3 rings (SSSR count). The fraction of sp³-hybridized carbons (Fsp3) is 0.538. The number of hydrogen-bond acceptors (Lipinski definition) is 4. The normalized spacial score (nSPS) is 30.6. The summed E-state index contributed by atoms with van der Waals surface area (Å²) >= 11 is 6.01. The average molecular weight is 317 g/mol. The molecule has 0 amide bonds. The minimum absolute atomic E-state index is 0.0175. The molecule has 1 saturated heterocycles. The highest BCUT2D eigenvalue weighted by Crippen LogP contribution is 2.41. The summed E-state index contributed by atoms with van der Waals surface area (Å²) in [4.78, 5) is -0.0175. The molecule has 0 bridgehead atoms. The van der Waals surface area contributed by atoms with Crippen molar-refractivity contribution in [1.82, 2.24) is 4.31 Å². The van der Waals surface area contributed by atoms with Gasteiger partial charge < -0.3 is 10.8 Å². The lowest BCUT2D eigenvalue weighted by atomic mass is 10.00. The lowest BCUT2D eigenvalue weighted by molar-refractivity contribution is 0.129. The Balaban J connectivity index is 1.94. The van der Waals surface area contributed by atoms with Crippen LogP contribution in [0.15, 0.2) is 23.1 Å². The number of benzene rings is 1. The standard InChI is InChI=1S/C13H17ClN2O3S/c14-10-2-1-3-11(15)13(10)20(18,19)16-6-8-4-5-12(17)9(8)7-16/h1-3,8-9,12,17H,4-7,15H2. The maximum Gasteiger partial charge on any atom is 0.246 e. The van der Waals surface area contributed by atoms with Gasteiger partial charge in [0.1, 0.15) is 4.90 Å². The Kier molecular flexibility index (Phi) is 3.44. The average Bonchev–Trinajstić information content (AvgIpc) is 2.92. The van der Waals surface area contributed by atoms with E-state index in [-0.39, 0.29) is 27.4 Å². The van der Waals surface area contributed by atoms with E-state index >= 15 is 0 Å². The van der Waals surface area contributed by atoms with Crippen LogP contribution in [0.5, 0.6) is 0 Å². The molecule has 7 heteroatoms. The van der Waals surface area contributed by atoms with Crippen molar-refractivity contribution in [2.75, 3.05) is 18.8 Å². The third-order valence-electron chi connectivity index (χ3n) is 4.38. The minimum atomic E-state index is -3.70. The summed E-state index contributed by atoms with van der Waals surface area (Å²) in [6.07, 6.45) is 1.23. The second-order valence-corrected chi connectivity index (χ2v) is 7.83. The Hall–Kier alpha value is -0.820. The summed E-state index contributed by atoms with van der Waals surface area (Å²) in [6.45, 7) is 0.785. The van der Waals surface area contributed by atoms with Gasteiger partial charge in [0.05, 0.1) is 16.8 Å². The Morgan fingerprint density at radius 2 is 2.05 bits per heavy atom. The molecule has 2 fully saturated rings. The predicted molar refractivity (Wildman–Crippen MR) is 76.8 cm³/mol. The van der Waals surface area contributed by atoms with Gasteiger partial charge in [0.15, 0.2) is 0 Å². The van der Waals surface area contributed by atoms with E-state index in [0.717, 1.165) is 12.8 Å². The Morgan fingerprint density at radius 1 is 1.30 bits per heavy atom. The van der Waals surface area contributed by atoms with Gasteiger partial charge in [-0.25, -0.2) is 8.42 Å². The van der Waals surface area contributed by atoms with E-state index < -0.39 is 16.1 Å². The van der Waals surface area contributed by atoms with Crippen LogP contribution in [0, 0.1) is 11.8 Å². The van der Waals surface area contributed by atoms with Crippen molar-refractivity contribution in [3.8, 4) is 0 Å². The monoisotopic (exact) mass is 316 g/mol. The lowest BCUT2D eigenvalue weighted by Gasteiger charge is -2.20. The molecular formula is C13H17ClN2O3S. The zero-order valence-electron chi connectivity index (χ0n) is 10.9. The van der Waals surface area contributed by atoms with Gasteiger partial charge in [0.2, 0.25) is 10.0 Å². The van der Waals surface area contributed by atoms with E-state index in [4.69, 9.17) is 17.3 Å². The van der Waals surface area contributed by atoms with Gasteiger partial charge in [-0.05, 0) is 30.9 Å². The van der Waals surface area contributed by atoms with Crippen molar-refractivity contribution in [3.05, 3.63) is 23.2 Å². The molecule has 5 nitrogen and oxygen atoms in total. The first kappa shape index (κ1) is 14.1. The fourth-order valence-electron chi connectivity index (χ4n) is 3.32. The van der Waals surface area contributed by atoms with Crippen molar-refractivity contribution in [1.29, 1.82) is 0 Å². The number of aliphatic hydroxyl groups excluding tert-OH is 1. The zero-order chi connectivity index (χ0) is 14.5. The summed E-state index contributed by atoms with van der Waals surface area (Å²) in [6, 6.07) is 4.68. The van der Waals surface area contributed by atoms with Crippen molar-refractivity contribution >= 4 is 27.3 Å². The van der Waals surface area contributed by atoms with Crippen LogP contribution in [-0.2, 0) is 10.0 Å². The van der Waals surface area contributed by atoms with E-state index in [2.05, 4.69) is 0 Å². The fourth-order valence-corrected chi connectivity index (χ4v) is 5.49. The molecule has 1 saturated carbocycles. The van der Waals surface area contributed by atoms with Crippen LogP contribution in [0.1, 0.15) is 12.8 Å². The predicted octanol–water partition coefficient (Wildman–Crippen LogP) is 1.31. The molecule has 1 aromatic carbocycles. The van der Waals surface area contributed by atoms with Crippen LogP contribution < -0.4 is 5.73 Å².